The lowest BCUT2D eigenvalue weighted by Gasteiger charge is -2.15. The van der Waals surface area contributed by atoms with Crippen LogP contribution in [0.2, 0.25) is 0 Å². The summed E-state index contributed by atoms with van der Waals surface area (Å²) in [4.78, 5) is 17.7. The first-order valence-corrected chi connectivity index (χ1v) is 10.5. The van der Waals surface area contributed by atoms with Crippen LogP contribution in [-0.2, 0) is 6.18 Å². The molecule has 8 heteroatoms. The molecule has 0 saturated carbocycles. The number of rotatable bonds is 4. The molecule has 0 radical (unpaired) electrons. The smallest absolute Gasteiger partial charge is 0.267 e. The SMILES string of the molecule is Cc1ccc(/C=N/N(C(=O)c2cccc(C(F)(F)F)c2)c2nc3ccc(C)cc3s2)cc1. The number of hydrogen-bond acceptors (Lipinski definition) is 4. The molecule has 0 spiro atoms. The maximum atomic E-state index is 13.3. The first-order valence-electron chi connectivity index (χ1n) is 9.70. The maximum absolute atomic E-state index is 13.3. The highest BCUT2D eigenvalue weighted by Crippen LogP contribution is 2.32. The fraction of sp³-hybridized carbons (Fsp3) is 0.125. The Morgan fingerprint density at radius 2 is 1.72 bits per heavy atom. The van der Waals surface area contributed by atoms with Crippen LogP contribution in [0.25, 0.3) is 10.2 Å². The Hall–Kier alpha value is -3.52. The maximum Gasteiger partial charge on any atom is 0.416 e. The molecule has 0 aliphatic carbocycles. The molecule has 0 atom stereocenters. The van der Waals surface area contributed by atoms with Gasteiger partial charge in [0.25, 0.3) is 5.91 Å². The summed E-state index contributed by atoms with van der Waals surface area (Å²) < 4.78 is 40.4. The van der Waals surface area contributed by atoms with Gasteiger partial charge < -0.3 is 0 Å². The van der Waals surface area contributed by atoms with Crippen molar-refractivity contribution in [1.29, 1.82) is 0 Å². The molecule has 1 aromatic heterocycles. The van der Waals surface area contributed by atoms with Crippen molar-refractivity contribution < 1.29 is 18.0 Å². The van der Waals surface area contributed by atoms with Gasteiger partial charge in [-0.15, -0.1) is 0 Å². The van der Waals surface area contributed by atoms with Crippen LogP contribution in [0.4, 0.5) is 18.3 Å². The van der Waals surface area contributed by atoms with Crippen LogP contribution in [0, 0.1) is 13.8 Å². The second-order valence-electron chi connectivity index (χ2n) is 7.32. The number of fused-ring (bicyclic) bond motifs is 1. The number of anilines is 1. The van der Waals surface area contributed by atoms with Crippen molar-refractivity contribution in [2.75, 3.05) is 5.01 Å². The quantitative estimate of drug-likeness (QED) is 0.258. The second kappa shape index (κ2) is 8.55. The van der Waals surface area contributed by atoms with Gasteiger partial charge in [0, 0.05) is 5.56 Å². The lowest BCUT2D eigenvalue weighted by atomic mass is 10.1. The minimum Gasteiger partial charge on any atom is -0.267 e. The summed E-state index contributed by atoms with van der Waals surface area (Å²) in [7, 11) is 0. The number of amides is 1. The van der Waals surface area contributed by atoms with E-state index < -0.39 is 17.6 Å². The van der Waals surface area contributed by atoms with Crippen LogP contribution in [-0.4, -0.2) is 17.1 Å². The van der Waals surface area contributed by atoms with Gasteiger partial charge in [0.15, 0.2) is 0 Å². The molecule has 4 rings (SSSR count). The number of hydrogen-bond donors (Lipinski definition) is 0. The topological polar surface area (TPSA) is 45.6 Å². The minimum absolute atomic E-state index is 0.128. The number of thiazole rings is 1. The number of alkyl halides is 3. The molecular formula is C24H18F3N3OS. The predicted molar refractivity (Wildman–Crippen MR) is 121 cm³/mol. The van der Waals surface area contributed by atoms with Crippen LogP contribution in [0.1, 0.15) is 32.6 Å². The fourth-order valence-corrected chi connectivity index (χ4v) is 4.05. The zero-order valence-electron chi connectivity index (χ0n) is 17.2. The highest BCUT2D eigenvalue weighted by atomic mass is 32.1. The van der Waals surface area contributed by atoms with Crippen molar-refractivity contribution in [3.8, 4) is 0 Å². The van der Waals surface area contributed by atoms with E-state index in [1.165, 1.54) is 29.7 Å². The molecule has 0 aliphatic heterocycles. The van der Waals surface area contributed by atoms with E-state index >= 15 is 0 Å². The average molecular weight is 453 g/mol. The van der Waals surface area contributed by atoms with Crippen LogP contribution in [0.15, 0.2) is 71.8 Å². The van der Waals surface area contributed by atoms with Crippen LogP contribution < -0.4 is 5.01 Å². The van der Waals surface area contributed by atoms with Gasteiger partial charge in [0.2, 0.25) is 5.13 Å². The Bertz CT molecular complexity index is 1310. The molecule has 162 valence electrons. The van der Waals surface area contributed by atoms with Crippen LogP contribution in [0.3, 0.4) is 0 Å². The molecule has 0 bridgehead atoms. The van der Waals surface area contributed by atoms with Crippen molar-refractivity contribution in [3.63, 3.8) is 0 Å². The van der Waals surface area contributed by atoms with E-state index in [0.717, 1.165) is 38.5 Å². The highest BCUT2D eigenvalue weighted by molar-refractivity contribution is 7.22. The third kappa shape index (κ3) is 4.70. The van der Waals surface area contributed by atoms with Crippen molar-refractivity contribution in [2.45, 2.75) is 20.0 Å². The van der Waals surface area contributed by atoms with Crippen molar-refractivity contribution in [1.82, 2.24) is 4.98 Å². The van der Waals surface area contributed by atoms with E-state index in [1.54, 1.807) is 0 Å². The van der Waals surface area contributed by atoms with Gasteiger partial charge in [0.05, 0.1) is 22.0 Å². The summed E-state index contributed by atoms with van der Waals surface area (Å²) in [5.41, 5.74) is 2.51. The van der Waals surface area contributed by atoms with Crippen LogP contribution >= 0.6 is 11.3 Å². The largest absolute Gasteiger partial charge is 0.416 e. The van der Waals surface area contributed by atoms with E-state index in [1.807, 2.05) is 56.3 Å². The standard InChI is InChI=1S/C24H18F3N3OS/c1-15-6-9-17(10-7-15)14-28-30(23-29-20-11-8-16(2)12-21(20)32-23)22(31)18-4-3-5-19(13-18)24(25,26)27/h3-14H,1-2H3/b28-14+. The summed E-state index contributed by atoms with van der Waals surface area (Å²) in [5.74, 6) is -0.699. The van der Waals surface area contributed by atoms with Gasteiger partial charge in [-0.3, -0.25) is 4.79 Å². The Morgan fingerprint density at radius 3 is 2.44 bits per heavy atom. The number of nitrogens with zero attached hydrogens (tertiary/aromatic N) is 3. The average Bonchev–Trinajstić information content (AvgIpc) is 3.17. The second-order valence-corrected chi connectivity index (χ2v) is 8.33. The molecule has 0 N–H and O–H groups in total. The van der Waals surface area contributed by atoms with Crippen molar-refractivity contribution >= 4 is 38.8 Å². The van der Waals surface area contributed by atoms with E-state index in [0.29, 0.717) is 5.52 Å². The number of aryl methyl sites for hydroxylation is 2. The summed E-state index contributed by atoms with van der Waals surface area (Å²) in [6.07, 6.45) is -3.07. The Labute approximate surface area is 186 Å². The summed E-state index contributed by atoms with van der Waals surface area (Å²) >= 11 is 1.25. The Morgan fingerprint density at radius 1 is 1.00 bits per heavy atom. The third-order valence-corrected chi connectivity index (χ3v) is 5.74. The lowest BCUT2D eigenvalue weighted by Crippen LogP contribution is -2.26. The number of hydrazone groups is 1. The lowest BCUT2D eigenvalue weighted by molar-refractivity contribution is -0.137. The van der Waals surface area contributed by atoms with Crippen molar-refractivity contribution in [2.24, 2.45) is 5.10 Å². The number of halogens is 3. The van der Waals surface area contributed by atoms with Gasteiger partial charge in [0.1, 0.15) is 0 Å². The van der Waals surface area contributed by atoms with Gasteiger partial charge in [-0.1, -0.05) is 53.3 Å². The van der Waals surface area contributed by atoms with E-state index in [2.05, 4.69) is 10.1 Å². The summed E-state index contributed by atoms with van der Waals surface area (Å²) in [6, 6.07) is 17.5. The number of carbonyl (C=O) groups is 1. The van der Waals surface area contributed by atoms with E-state index in [9.17, 15) is 18.0 Å². The number of carbonyl (C=O) groups excluding carboxylic acids is 1. The molecule has 0 aliphatic rings. The zero-order chi connectivity index (χ0) is 22.9. The first kappa shape index (κ1) is 21.7. The minimum atomic E-state index is -4.56. The Balaban J connectivity index is 1.77. The molecular weight excluding hydrogens is 435 g/mol. The molecule has 1 heterocycles. The molecule has 0 unspecified atom stereocenters. The molecule has 4 aromatic rings. The van der Waals surface area contributed by atoms with Gasteiger partial charge in [-0.2, -0.15) is 23.3 Å². The molecule has 0 saturated heterocycles. The van der Waals surface area contributed by atoms with E-state index in [-0.39, 0.29) is 10.7 Å². The highest BCUT2D eigenvalue weighted by Gasteiger charge is 2.32. The van der Waals surface area contributed by atoms with E-state index in [4.69, 9.17) is 0 Å². The van der Waals surface area contributed by atoms with Crippen LogP contribution in [0.5, 0.6) is 0 Å². The summed E-state index contributed by atoms with van der Waals surface area (Å²) in [6.45, 7) is 3.90. The third-order valence-electron chi connectivity index (χ3n) is 4.74. The normalized spacial score (nSPS) is 11.9. The molecule has 3 aromatic carbocycles. The Kier molecular flexibility index (Phi) is 5.80. The zero-order valence-corrected chi connectivity index (χ0v) is 18.0. The molecule has 4 nitrogen and oxygen atoms in total. The number of benzene rings is 3. The monoisotopic (exact) mass is 453 g/mol. The predicted octanol–water partition coefficient (Wildman–Crippen LogP) is 6.61. The van der Waals surface area contributed by atoms with Gasteiger partial charge in [-0.05, 0) is 55.3 Å². The first-order chi connectivity index (χ1) is 15.2. The van der Waals surface area contributed by atoms with Gasteiger partial charge >= 0.3 is 6.18 Å². The number of aromatic nitrogens is 1. The summed E-state index contributed by atoms with van der Waals surface area (Å²) in [5, 5.41) is 5.63. The fourth-order valence-electron chi connectivity index (χ4n) is 3.03. The molecule has 32 heavy (non-hydrogen) atoms. The molecule has 0 fully saturated rings. The molecule has 1 amide bonds. The van der Waals surface area contributed by atoms with Crippen molar-refractivity contribution in [3.05, 3.63) is 94.5 Å². The van der Waals surface area contributed by atoms with Gasteiger partial charge in [-0.25, -0.2) is 4.98 Å².